The van der Waals surface area contributed by atoms with Crippen LogP contribution in [0.15, 0.2) is 24.3 Å². The summed E-state index contributed by atoms with van der Waals surface area (Å²) < 4.78 is 12.9. The Kier molecular flexibility index (Phi) is 2.52. The number of benzene rings is 1. The van der Waals surface area contributed by atoms with E-state index in [9.17, 15) is 14.3 Å². The van der Waals surface area contributed by atoms with E-state index in [0.717, 1.165) is 12.8 Å². The van der Waals surface area contributed by atoms with Crippen molar-refractivity contribution >= 4 is 11.7 Å². The van der Waals surface area contributed by atoms with Gasteiger partial charge in [-0.2, -0.15) is 0 Å². The maximum absolute atomic E-state index is 12.9. The second-order valence-corrected chi connectivity index (χ2v) is 5.17. The zero-order valence-electron chi connectivity index (χ0n) is 9.90. The van der Waals surface area contributed by atoms with Gasteiger partial charge in [-0.3, -0.25) is 0 Å². The smallest absolute Gasteiger partial charge is 0.322 e. The lowest BCUT2D eigenvalue weighted by molar-refractivity contribution is -0.0897. The summed E-state index contributed by atoms with van der Waals surface area (Å²) in [6.07, 6.45) is 2.10. The predicted octanol–water partition coefficient (Wildman–Crippen LogP) is 1.81. The zero-order chi connectivity index (χ0) is 12.8. The van der Waals surface area contributed by atoms with Gasteiger partial charge in [0.15, 0.2) is 0 Å². The van der Waals surface area contributed by atoms with Crippen LogP contribution < -0.4 is 5.32 Å². The second-order valence-electron chi connectivity index (χ2n) is 5.17. The molecule has 5 heteroatoms. The fraction of sp³-hybridized carbons (Fsp3) is 0.462. The van der Waals surface area contributed by atoms with Gasteiger partial charge in [0.05, 0.1) is 13.1 Å². The van der Waals surface area contributed by atoms with Gasteiger partial charge in [-0.25, -0.2) is 9.18 Å². The number of nitrogens with zero attached hydrogens (tertiary/aromatic N) is 1. The Bertz CT molecular complexity index is 482. The molecular weight excluding hydrogens is 235 g/mol. The van der Waals surface area contributed by atoms with Crippen LogP contribution in [0.3, 0.4) is 0 Å². The molecule has 1 aliphatic carbocycles. The van der Waals surface area contributed by atoms with Crippen molar-refractivity contribution in [3.05, 3.63) is 30.1 Å². The summed E-state index contributed by atoms with van der Waals surface area (Å²) in [5.74, 6) is -0.0263. The highest BCUT2D eigenvalue weighted by Gasteiger charge is 2.53. The molecule has 4 nitrogen and oxygen atoms in total. The Morgan fingerprint density at radius 2 is 2.17 bits per heavy atom. The lowest BCUT2D eigenvalue weighted by Crippen LogP contribution is -2.65. The first kappa shape index (κ1) is 11.5. The number of aliphatic hydroxyl groups is 1. The summed E-state index contributed by atoms with van der Waals surface area (Å²) >= 11 is 0. The Morgan fingerprint density at radius 1 is 1.44 bits per heavy atom. The lowest BCUT2D eigenvalue weighted by Gasteiger charge is -2.46. The van der Waals surface area contributed by atoms with Crippen LogP contribution in [0, 0.1) is 11.7 Å². The van der Waals surface area contributed by atoms with Crippen molar-refractivity contribution in [1.29, 1.82) is 0 Å². The van der Waals surface area contributed by atoms with Crippen molar-refractivity contribution in [2.24, 2.45) is 5.92 Å². The molecule has 1 heterocycles. The van der Waals surface area contributed by atoms with E-state index in [1.54, 1.807) is 17.0 Å². The maximum atomic E-state index is 12.9. The van der Waals surface area contributed by atoms with Gasteiger partial charge >= 0.3 is 6.03 Å². The van der Waals surface area contributed by atoms with Crippen molar-refractivity contribution in [2.45, 2.75) is 18.4 Å². The molecule has 2 aliphatic rings. The van der Waals surface area contributed by atoms with Crippen molar-refractivity contribution in [3.8, 4) is 0 Å². The van der Waals surface area contributed by atoms with Gasteiger partial charge in [-0.15, -0.1) is 0 Å². The fourth-order valence-corrected chi connectivity index (χ4v) is 2.41. The largest absolute Gasteiger partial charge is 0.386 e. The van der Waals surface area contributed by atoms with Gasteiger partial charge in [0.2, 0.25) is 0 Å². The van der Waals surface area contributed by atoms with Crippen molar-refractivity contribution in [1.82, 2.24) is 4.90 Å². The van der Waals surface area contributed by atoms with Crippen LogP contribution in [0.1, 0.15) is 12.8 Å². The molecule has 1 saturated carbocycles. The normalized spacial score (nSPS) is 21.3. The van der Waals surface area contributed by atoms with Crippen LogP contribution >= 0.6 is 0 Å². The van der Waals surface area contributed by atoms with E-state index in [4.69, 9.17) is 0 Å². The first-order chi connectivity index (χ1) is 8.57. The number of carbonyl (C=O) groups excluding carboxylic acids is 1. The van der Waals surface area contributed by atoms with E-state index >= 15 is 0 Å². The molecule has 0 unspecified atom stereocenters. The summed E-state index contributed by atoms with van der Waals surface area (Å²) in [5.41, 5.74) is -0.249. The number of urea groups is 1. The molecule has 0 bridgehead atoms. The van der Waals surface area contributed by atoms with Crippen LogP contribution in [-0.2, 0) is 0 Å². The van der Waals surface area contributed by atoms with Crippen LogP contribution in [0.4, 0.5) is 14.9 Å². The molecule has 1 aromatic carbocycles. The Labute approximate surface area is 104 Å². The molecule has 2 amide bonds. The van der Waals surface area contributed by atoms with Gasteiger partial charge in [0, 0.05) is 5.69 Å². The average Bonchev–Trinajstić information content (AvgIpc) is 3.08. The first-order valence-corrected chi connectivity index (χ1v) is 6.11. The van der Waals surface area contributed by atoms with Crippen LogP contribution in [0.25, 0.3) is 0 Å². The van der Waals surface area contributed by atoms with Crippen LogP contribution in [0.5, 0.6) is 0 Å². The molecule has 18 heavy (non-hydrogen) atoms. The molecule has 1 aromatic rings. The predicted molar refractivity (Wildman–Crippen MR) is 64.7 cm³/mol. The number of anilines is 1. The van der Waals surface area contributed by atoms with E-state index in [2.05, 4.69) is 5.32 Å². The second kappa shape index (κ2) is 3.95. The molecule has 3 rings (SSSR count). The van der Waals surface area contributed by atoms with E-state index < -0.39 is 5.60 Å². The lowest BCUT2D eigenvalue weighted by atomic mass is 9.89. The van der Waals surface area contributed by atoms with Gasteiger partial charge in [-0.05, 0) is 37.0 Å². The monoisotopic (exact) mass is 250 g/mol. The van der Waals surface area contributed by atoms with Gasteiger partial charge in [0.1, 0.15) is 11.4 Å². The molecule has 0 spiro atoms. The average molecular weight is 250 g/mol. The van der Waals surface area contributed by atoms with E-state index in [1.807, 2.05) is 0 Å². The van der Waals surface area contributed by atoms with Crippen molar-refractivity contribution in [2.75, 3.05) is 18.4 Å². The van der Waals surface area contributed by atoms with E-state index in [1.165, 1.54) is 12.1 Å². The summed E-state index contributed by atoms with van der Waals surface area (Å²) in [6.45, 7) is 0.748. The minimum Gasteiger partial charge on any atom is -0.386 e. The highest BCUT2D eigenvalue weighted by molar-refractivity contribution is 5.90. The number of carbonyl (C=O) groups is 1. The third-order valence-corrected chi connectivity index (χ3v) is 3.63. The fourth-order valence-electron chi connectivity index (χ4n) is 2.41. The summed E-state index contributed by atoms with van der Waals surface area (Å²) in [7, 11) is 0. The molecular formula is C13H15FN2O2. The molecule has 0 aromatic heterocycles. The Morgan fingerprint density at radius 3 is 2.78 bits per heavy atom. The molecule has 2 N–H and O–H groups in total. The third-order valence-electron chi connectivity index (χ3n) is 3.63. The van der Waals surface area contributed by atoms with Gasteiger partial charge in [-0.1, -0.05) is 6.07 Å². The van der Waals surface area contributed by atoms with Crippen molar-refractivity contribution in [3.63, 3.8) is 0 Å². The van der Waals surface area contributed by atoms with Gasteiger partial charge in [0.25, 0.3) is 0 Å². The number of amides is 2. The quantitative estimate of drug-likeness (QED) is 0.841. The molecule has 1 saturated heterocycles. The van der Waals surface area contributed by atoms with Crippen molar-refractivity contribution < 1.29 is 14.3 Å². The molecule has 96 valence electrons. The van der Waals surface area contributed by atoms with Gasteiger partial charge < -0.3 is 15.3 Å². The number of halogens is 1. The summed E-state index contributed by atoms with van der Waals surface area (Å²) in [4.78, 5) is 13.4. The Hall–Kier alpha value is -1.62. The summed E-state index contributed by atoms with van der Waals surface area (Å²) in [6, 6.07) is 5.48. The number of β-amino-alcohol motifs (C(OH)–C–C–N with tert-alkyl or cyclic N) is 1. The highest BCUT2D eigenvalue weighted by atomic mass is 19.1. The van der Waals surface area contributed by atoms with E-state index in [-0.39, 0.29) is 11.8 Å². The summed E-state index contributed by atoms with van der Waals surface area (Å²) in [5, 5.41) is 12.7. The number of likely N-dealkylation sites (tertiary alicyclic amines) is 1. The number of rotatable bonds is 2. The molecule has 1 aliphatic heterocycles. The topological polar surface area (TPSA) is 52.6 Å². The number of hydrogen-bond acceptors (Lipinski definition) is 2. The maximum Gasteiger partial charge on any atom is 0.322 e. The van der Waals surface area contributed by atoms with Crippen LogP contribution in [0.2, 0.25) is 0 Å². The molecule has 0 atom stereocenters. The highest BCUT2D eigenvalue weighted by Crippen LogP contribution is 2.44. The van der Waals surface area contributed by atoms with Crippen LogP contribution in [-0.4, -0.2) is 34.7 Å². The molecule has 2 fully saturated rings. The number of hydrogen-bond donors (Lipinski definition) is 2. The molecule has 0 radical (unpaired) electrons. The third kappa shape index (κ3) is 2.06. The van der Waals surface area contributed by atoms with E-state index in [0.29, 0.717) is 24.7 Å². The standard InChI is InChI=1S/C13H15FN2O2/c14-10-2-1-3-11(6-10)15-12(17)16-7-13(18,8-16)9-4-5-9/h1-3,6,9,18H,4-5,7-8H2,(H,15,17). The first-order valence-electron chi connectivity index (χ1n) is 6.11. The Balaban J connectivity index is 1.57. The number of nitrogens with one attached hydrogen (secondary N) is 1. The minimum absolute atomic E-state index is 0.286. The SMILES string of the molecule is O=C(Nc1cccc(F)c1)N1CC(O)(C2CC2)C1. The zero-order valence-corrected chi connectivity index (χ0v) is 9.90. The minimum atomic E-state index is -0.681.